The van der Waals surface area contributed by atoms with Crippen molar-refractivity contribution in [2.24, 2.45) is 5.41 Å². The lowest BCUT2D eigenvalue weighted by Crippen LogP contribution is -2.18. The highest BCUT2D eigenvalue weighted by Crippen LogP contribution is 2.48. The molecule has 1 aromatic rings. The number of halogens is 1. The number of aliphatic hydroxyl groups is 1. The Bertz CT molecular complexity index is 464. The van der Waals surface area contributed by atoms with E-state index in [1.54, 1.807) is 0 Å². The van der Waals surface area contributed by atoms with E-state index in [2.05, 4.69) is 15.3 Å². The Morgan fingerprint density at radius 1 is 1.56 bits per heavy atom. The van der Waals surface area contributed by atoms with Crippen molar-refractivity contribution in [3.05, 3.63) is 21.6 Å². The third kappa shape index (κ3) is 2.68. The van der Waals surface area contributed by atoms with Crippen LogP contribution in [0.4, 0.5) is 11.5 Å². The van der Waals surface area contributed by atoms with Gasteiger partial charge >= 0.3 is 5.69 Å². The average molecular weight is 273 g/mol. The molecule has 0 radical (unpaired) electrons. The molecule has 1 aromatic heterocycles. The summed E-state index contributed by atoms with van der Waals surface area (Å²) in [5, 5.41) is 22.6. The molecular weight excluding hydrogens is 260 g/mol. The van der Waals surface area contributed by atoms with E-state index in [0.29, 0.717) is 13.0 Å². The van der Waals surface area contributed by atoms with E-state index in [1.807, 2.05) is 0 Å². The van der Waals surface area contributed by atoms with Crippen LogP contribution in [0.2, 0.25) is 5.15 Å². The first-order valence-corrected chi connectivity index (χ1v) is 5.95. The smallest absolute Gasteiger partial charge is 0.348 e. The Labute approximate surface area is 108 Å². The minimum atomic E-state index is -0.601. The van der Waals surface area contributed by atoms with Gasteiger partial charge in [-0.2, -0.15) is 0 Å². The van der Waals surface area contributed by atoms with Gasteiger partial charge in [0, 0.05) is 13.2 Å². The van der Waals surface area contributed by atoms with E-state index in [4.69, 9.17) is 16.7 Å². The fourth-order valence-corrected chi connectivity index (χ4v) is 2.05. The highest BCUT2D eigenvalue weighted by molar-refractivity contribution is 6.31. The summed E-state index contributed by atoms with van der Waals surface area (Å²) in [5.41, 5.74) is -0.265. The van der Waals surface area contributed by atoms with Crippen LogP contribution in [0.5, 0.6) is 0 Å². The summed E-state index contributed by atoms with van der Waals surface area (Å²) in [4.78, 5) is 17.7. The van der Waals surface area contributed by atoms with Crippen LogP contribution in [0, 0.1) is 15.5 Å². The van der Waals surface area contributed by atoms with Gasteiger partial charge in [0.05, 0.1) is 4.92 Å². The Hall–Kier alpha value is -1.47. The van der Waals surface area contributed by atoms with Crippen molar-refractivity contribution in [3.63, 3.8) is 0 Å². The molecule has 0 spiro atoms. The quantitative estimate of drug-likeness (QED) is 0.463. The van der Waals surface area contributed by atoms with Gasteiger partial charge in [0.1, 0.15) is 6.33 Å². The molecule has 18 heavy (non-hydrogen) atoms. The number of hydrogen-bond acceptors (Lipinski definition) is 6. The molecule has 0 aromatic carbocycles. The molecule has 1 saturated carbocycles. The predicted octanol–water partition coefficient (Wildman–Crippen LogP) is 1.61. The summed E-state index contributed by atoms with van der Waals surface area (Å²) in [7, 11) is 0. The van der Waals surface area contributed by atoms with Crippen LogP contribution in [0.15, 0.2) is 6.33 Å². The van der Waals surface area contributed by atoms with Gasteiger partial charge in [-0.3, -0.25) is 10.1 Å². The molecule has 98 valence electrons. The van der Waals surface area contributed by atoms with Crippen molar-refractivity contribution in [2.75, 3.05) is 18.5 Å². The molecule has 0 atom stereocenters. The molecule has 1 aliphatic carbocycles. The van der Waals surface area contributed by atoms with Gasteiger partial charge in [-0.25, -0.2) is 9.97 Å². The minimum absolute atomic E-state index is 0.0417. The summed E-state index contributed by atoms with van der Waals surface area (Å²) in [6.07, 6.45) is 3.89. The first-order valence-electron chi connectivity index (χ1n) is 5.58. The molecule has 0 saturated heterocycles. The number of hydrogen-bond donors (Lipinski definition) is 2. The maximum atomic E-state index is 10.9. The molecule has 0 amide bonds. The van der Waals surface area contributed by atoms with E-state index >= 15 is 0 Å². The Morgan fingerprint density at radius 2 is 2.28 bits per heavy atom. The number of nitrogens with zero attached hydrogens (tertiary/aromatic N) is 3. The number of nitro groups is 1. The largest absolute Gasteiger partial charge is 0.396 e. The van der Waals surface area contributed by atoms with Crippen LogP contribution in [-0.2, 0) is 0 Å². The summed E-state index contributed by atoms with van der Waals surface area (Å²) in [5.74, 6) is 0.129. The molecule has 2 rings (SSSR count). The molecule has 0 aliphatic heterocycles. The number of aliphatic hydroxyl groups excluding tert-OH is 1. The number of rotatable bonds is 6. The molecular formula is C10H13ClN4O3. The van der Waals surface area contributed by atoms with Crippen LogP contribution in [0.25, 0.3) is 0 Å². The molecule has 1 heterocycles. The zero-order chi connectivity index (χ0) is 13.2. The van der Waals surface area contributed by atoms with Gasteiger partial charge in [-0.15, -0.1) is 0 Å². The fraction of sp³-hybridized carbons (Fsp3) is 0.600. The molecule has 1 fully saturated rings. The highest BCUT2D eigenvalue weighted by atomic mass is 35.5. The van der Waals surface area contributed by atoms with E-state index in [9.17, 15) is 10.1 Å². The summed E-state index contributed by atoms with van der Waals surface area (Å²) in [6, 6.07) is 0. The monoisotopic (exact) mass is 272 g/mol. The van der Waals surface area contributed by atoms with Gasteiger partial charge in [-0.1, -0.05) is 11.6 Å². The lowest BCUT2D eigenvalue weighted by atomic mass is 10.0. The van der Waals surface area contributed by atoms with E-state index < -0.39 is 4.92 Å². The first-order chi connectivity index (χ1) is 8.58. The number of aromatic nitrogens is 2. The van der Waals surface area contributed by atoms with Crippen molar-refractivity contribution in [3.8, 4) is 0 Å². The van der Waals surface area contributed by atoms with Crippen molar-refractivity contribution in [1.29, 1.82) is 0 Å². The summed E-state index contributed by atoms with van der Waals surface area (Å²) >= 11 is 5.68. The van der Waals surface area contributed by atoms with Crippen molar-refractivity contribution < 1.29 is 10.0 Å². The molecule has 2 N–H and O–H groups in total. The van der Waals surface area contributed by atoms with Gasteiger partial charge in [-0.05, 0) is 24.7 Å². The van der Waals surface area contributed by atoms with E-state index in [-0.39, 0.29) is 28.7 Å². The maximum Gasteiger partial charge on any atom is 0.348 e. The number of nitrogens with one attached hydrogen (secondary N) is 1. The molecule has 8 heteroatoms. The summed E-state index contributed by atoms with van der Waals surface area (Å²) in [6.45, 7) is 0.663. The standard InChI is InChI=1S/C10H13ClN4O3/c11-8-7(15(17)18)9(14-6-13-8)12-5-10(1-2-10)3-4-16/h6,16H,1-5H2,(H,12,13,14). The predicted molar refractivity (Wildman–Crippen MR) is 65.6 cm³/mol. The molecule has 1 aliphatic rings. The van der Waals surface area contributed by atoms with Gasteiger partial charge < -0.3 is 10.4 Å². The minimum Gasteiger partial charge on any atom is -0.396 e. The van der Waals surface area contributed by atoms with E-state index in [1.165, 1.54) is 6.33 Å². The second-order valence-electron chi connectivity index (χ2n) is 4.45. The van der Waals surface area contributed by atoms with Crippen LogP contribution in [0.3, 0.4) is 0 Å². The second kappa shape index (κ2) is 5.03. The maximum absolute atomic E-state index is 10.9. The number of anilines is 1. The average Bonchev–Trinajstić information content (AvgIpc) is 3.07. The Morgan fingerprint density at radius 3 is 2.83 bits per heavy atom. The van der Waals surface area contributed by atoms with Gasteiger partial charge in [0.25, 0.3) is 0 Å². The van der Waals surface area contributed by atoms with E-state index in [0.717, 1.165) is 12.8 Å². The third-order valence-electron chi connectivity index (χ3n) is 3.19. The SMILES string of the molecule is O=[N+]([O-])c1c(Cl)ncnc1NCC1(CCO)CC1. The second-order valence-corrected chi connectivity index (χ2v) is 4.80. The molecule has 0 unspecified atom stereocenters. The highest BCUT2D eigenvalue weighted by Gasteiger charge is 2.42. The Balaban J connectivity index is 2.10. The lowest BCUT2D eigenvalue weighted by molar-refractivity contribution is -0.384. The topological polar surface area (TPSA) is 101 Å². The van der Waals surface area contributed by atoms with Crippen LogP contribution < -0.4 is 5.32 Å². The molecule has 0 bridgehead atoms. The van der Waals surface area contributed by atoms with Gasteiger partial charge in [0.15, 0.2) is 0 Å². The molecule has 7 nitrogen and oxygen atoms in total. The fourth-order valence-electron chi connectivity index (χ4n) is 1.85. The summed E-state index contributed by atoms with van der Waals surface area (Å²) < 4.78 is 0. The van der Waals surface area contributed by atoms with Crippen LogP contribution in [-0.4, -0.2) is 33.1 Å². The van der Waals surface area contributed by atoms with Crippen LogP contribution in [0.1, 0.15) is 19.3 Å². The van der Waals surface area contributed by atoms with Gasteiger partial charge in [0.2, 0.25) is 11.0 Å². The first kappa shape index (κ1) is 13.0. The third-order valence-corrected chi connectivity index (χ3v) is 3.47. The normalized spacial score (nSPS) is 16.3. The zero-order valence-electron chi connectivity index (χ0n) is 9.60. The Kier molecular flexibility index (Phi) is 3.63. The lowest BCUT2D eigenvalue weighted by Gasteiger charge is -2.14. The van der Waals surface area contributed by atoms with Crippen molar-refractivity contribution >= 4 is 23.1 Å². The van der Waals surface area contributed by atoms with Crippen molar-refractivity contribution in [2.45, 2.75) is 19.3 Å². The van der Waals surface area contributed by atoms with Crippen molar-refractivity contribution in [1.82, 2.24) is 9.97 Å². The zero-order valence-corrected chi connectivity index (χ0v) is 10.4. The van der Waals surface area contributed by atoms with Crippen LogP contribution >= 0.6 is 11.6 Å².